The summed E-state index contributed by atoms with van der Waals surface area (Å²) >= 11 is 0. The van der Waals surface area contributed by atoms with Gasteiger partial charge in [-0.3, -0.25) is 0 Å². The van der Waals surface area contributed by atoms with E-state index in [9.17, 15) is 9.59 Å². The zero-order valence-corrected chi connectivity index (χ0v) is 15.5. The summed E-state index contributed by atoms with van der Waals surface area (Å²) in [7, 11) is 0. The van der Waals surface area contributed by atoms with Crippen LogP contribution in [0.2, 0.25) is 0 Å². The summed E-state index contributed by atoms with van der Waals surface area (Å²) in [6.07, 6.45) is 0. The van der Waals surface area contributed by atoms with Crippen LogP contribution < -0.4 is 9.80 Å². The molecule has 2 aromatic carbocycles. The molecule has 2 aromatic rings. The molecule has 0 saturated heterocycles. The topological polar surface area (TPSA) is 59.1 Å². The number of carbonyl (C=O) groups is 2. The van der Waals surface area contributed by atoms with Crippen molar-refractivity contribution >= 4 is 23.3 Å². The molecule has 0 atom stereocenters. The lowest BCUT2D eigenvalue weighted by atomic mass is 9.98. The van der Waals surface area contributed by atoms with Gasteiger partial charge in [-0.05, 0) is 61.4 Å². The molecule has 6 nitrogen and oxygen atoms in total. The van der Waals surface area contributed by atoms with Crippen LogP contribution in [0.3, 0.4) is 0 Å². The lowest BCUT2D eigenvalue weighted by molar-refractivity contribution is 0.0516. The number of carbonyl (C=O) groups excluding carboxylic acids is 2. The van der Waals surface area contributed by atoms with E-state index in [4.69, 9.17) is 9.47 Å². The molecule has 2 aliphatic heterocycles. The van der Waals surface area contributed by atoms with Gasteiger partial charge in [-0.25, -0.2) is 9.59 Å². The highest BCUT2D eigenvalue weighted by Gasteiger charge is 2.30. The Hall–Kier alpha value is -3.02. The van der Waals surface area contributed by atoms with Crippen LogP contribution >= 0.6 is 0 Å². The Morgan fingerprint density at radius 3 is 1.67 bits per heavy atom. The van der Waals surface area contributed by atoms with E-state index in [1.165, 1.54) is 0 Å². The molecule has 0 radical (unpaired) electrons. The van der Waals surface area contributed by atoms with E-state index in [0.717, 1.165) is 29.2 Å². The van der Waals surface area contributed by atoms with Gasteiger partial charge in [-0.1, -0.05) is 0 Å². The SMILES string of the molecule is CCOC(=O)c1ccc2c(c1)CN1CN2Cc2cc(C(=O)OCC)ccc21. The second kappa shape index (κ2) is 6.95. The Balaban J connectivity index is 1.64. The van der Waals surface area contributed by atoms with Crippen molar-refractivity contribution in [2.75, 3.05) is 29.7 Å². The molecule has 0 aromatic heterocycles. The van der Waals surface area contributed by atoms with Gasteiger partial charge in [0, 0.05) is 24.5 Å². The zero-order chi connectivity index (χ0) is 19.0. The third-order valence-electron chi connectivity index (χ3n) is 4.93. The highest BCUT2D eigenvalue weighted by atomic mass is 16.5. The van der Waals surface area contributed by atoms with Crippen molar-refractivity contribution in [2.45, 2.75) is 26.9 Å². The van der Waals surface area contributed by atoms with Gasteiger partial charge in [-0.15, -0.1) is 0 Å². The van der Waals surface area contributed by atoms with Gasteiger partial charge >= 0.3 is 11.9 Å². The number of benzene rings is 2. The van der Waals surface area contributed by atoms with E-state index >= 15 is 0 Å². The Morgan fingerprint density at radius 2 is 1.26 bits per heavy atom. The molecule has 2 heterocycles. The Kier molecular flexibility index (Phi) is 4.48. The van der Waals surface area contributed by atoms with E-state index in [-0.39, 0.29) is 11.9 Å². The van der Waals surface area contributed by atoms with Gasteiger partial charge in [0.05, 0.1) is 31.0 Å². The highest BCUT2D eigenvalue weighted by molar-refractivity contribution is 5.91. The fraction of sp³-hybridized carbons (Fsp3) is 0.333. The molecule has 0 aliphatic carbocycles. The largest absolute Gasteiger partial charge is 0.462 e. The van der Waals surface area contributed by atoms with Crippen molar-refractivity contribution in [3.63, 3.8) is 0 Å². The summed E-state index contributed by atoms with van der Waals surface area (Å²) in [4.78, 5) is 28.6. The number of anilines is 2. The normalized spacial score (nSPS) is 14.3. The number of hydrogen-bond acceptors (Lipinski definition) is 6. The molecule has 2 bridgehead atoms. The van der Waals surface area contributed by atoms with Crippen molar-refractivity contribution in [3.05, 3.63) is 58.7 Å². The van der Waals surface area contributed by atoms with Crippen LogP contribution in [0.1, 0.15) is 45.7 Å². The summed E-state index contributed by atoms with van der Waals surface area (Å²) in [6, 6.07) is 11.4. The molecule has 0 spiro atoms. The maximum atomic E-state index is 12.0. The quantitative estimate of drug-likeness (QED) is 0.774. The highest BCUT2D eigenvalue weighted by Crippen LogP contribution is 2.38. The molecule has 0 amide bonds. The van der Waals surface area contributed by atoms with Crippen LogP contribution in [-0.4, -0.2) is 31.8 Å². The van der Waals surface area contributed by atoms with Gasteiger partial charge in [0.1, 0.15) is 0 Å². The zero-order valence-electron chi connectivity index (χ0n) is 15.5. The summed E-state index contributed by atoms with van der Waals surface area (Å²) in [5.41, 5.74) is 5.60. The average Bonchev–Trinajstić information content (AvgIpc) is 2.67. The minimum absolute atomic E-state index is 0.291. The van der Waals surface area contributed by atoms with Crippen molar-refractivity contribution in [2.24, 2.45) is 0 Å². The lowest BCUT2D eigenvalue weighted by Crippen LogP contribution is -2.46. The Bertz CT molecular complexity index is 836. The van der Waals surface area contributed by atoms with Gasteiger partial charge in [0.25, 0.3) is 0 Å². The van der Waals surface area contributed by atoms with Crippen LogP contribution in [0, 0.1) is 0 Å². The van der Waals surface area contributed by atoms with Crippen LogP contribution in [0.25, 0.3) is 0 Å². The minimum atomic E-state index is -0.291. The molecule has 140 valence electrons. The third-order valence-corrected chi connectivity index (χ3v) is 4.93. The van der Waals surface area contributed by atoms with E-state index in [1.54, 1.807) is 13.8 Å². The van der Waals surface area contributed by atoms with Crippen LogP contribution in [0.5, 0.6) is 0 Å². The second-order valence-corrected chi connectivity index (χ2v) is 6.67. The number of nitrogens with zero attached hydrogens (tertiary/aromatic N) is 2. The van der Waals surface area contributed by atoms with Crippen LogP contribution in [0.4, 0.5) is 11.4 Å². The molecular formula is C21H22N2O4. The number of esters is 2. The van der Waals surface area contributed by atoms with Gasteiger partial charge in [0.2, 0.25) is 0 Å². The Morgan fingerprint density at radius 1 is 0.815 bits per heavy atom. The smallest absolute Gasteiger partial charge is 0.338 e. The van der Waals surface area contributed by atoms with Crippen molar-refractivity contribution in [1.82, 2.24) is 0 Å². The first-order chi connectivity index (χ1) is 13.1. The summed E-state index contributed by atoms with van der Waals surface area (Å²) in [5.74, 6) is -0.582. The van der Waals surface area contributed by atoms with Gasteiger partial charge < -0.3 is 19.3 Å². The predicted octanol–water partition coefficient (Wildman–Crippen LogP) is 3.34. The van der Waals surface area contributed by atoms with Crippen molar-refractivity contribution in [1.29, 1.82) is 0 Å². The maximum absolute atomic E-state index is 12.0. The molecule has 0 N–H and O–H groups in total. The standard InChI is InChI=1S/C21H22N2O4/c1-3-26-20(24)14-5-7-18-16(9-14)11-22-13-23(18)12-17-10-15(6-8-19(17)22)21(25)27-4-2/h5-10H,3-4,11-13H2,1-2H3. The van der Waals surface area contributed by atoms with E-state index in [2.05, 4.69) is 9.80 Å². The molecule has 0 fully saturated rings. The number of hydrogen-bond donors (Lipinski definition) is 0. The van der Waals surface area contributed by atoms with Crippen LogP contribution in [0.15, 0.2) is 36.4 Å². The van der Waals surface area contributed by atoms with Crippen molar-refractivity contribution in [3.8, 4) is 0 Å². The molecule has 2 aliphatic rings. The van der Waals surface area contributed by atoms with Gasteiger partial charge in [-0.2, -0.15) is 0 Å². The number of fused-ring (bicyclic) bond motifs is 6. The number of ether oxygens (including phenoxy) is 2. The summed E-state index contributed by atoms with van der Waals surface area (Å²) in [5, 5.41) is 0. The third kappa shape index (κ3) is 3.12. The molecule has 0 saturated carbocycles. The van der Waals surface area contributed by atoms with Crippen molar-refractivity contribution < 1.29 is 19.1 Å². The molecule has 6 heteroatoms. The lowest BCUT2D eigenvalue weighted by Gasteiger charge is -2.45. The fourth-order valence-electron chi connectivity index (χ4n) is 3.76. The first-order valence-corrected chi connectivity index (χ1v) is 9.20. The number of rotatable bonds is 4. The van der Waals surface area contributed by atoms with E-state index < -0.39 is 0 Å². The van der Waals surface area contributed by atoms with E-state index in [0.29, 0.717) is 37.4 Å². The summed E-state index contributed by atoms with van der Waals surface area (Å²) in [6.45, 7) is 6.56. The minimum Gasteiger partial charge on any atom is -0.462 e. The molecule has 4 rings (SSSR count). The monoisotopic (exact) mass is 366 g/mol. The van der Waals surface area contributed by atoms with Gasteiger partial charge in [0.15, 0.2) is 0 Å². The average molecular weight is 366 g/mol. The second-order valence-electron chi connectivity index (χ2n) is 6.67. The molecule has 27 heavy (non-hydrogen) atoms. The maximum Gasteiger partial charge on any atom is 0.338 e. The Labute approximate surface area is 158 Å². The predicted molar refractivity (Wildman–Crippen MR) is 102 cm³/mol. The first kappa shape index (κ1) is 17.4. The molecular weight excluding hydrogens is 344 g/mol. The van der Waals surface area contributed by atoms with E-state index in [1.807, 2.05) is 36.4 Å². The fourth-order valence-corrected chi connectivity index (χ4v) is 3.76. The van der Waals surface area contributed by atoms with Crippen LogP contribution in [-0.2, 0) is 22.6 Å². The molecule has 0 unspecified atom stereocenters. The summed E-state index contributed by atoms with van der Waals surface area (Å²) < 4.78 is 10.2. The first-order valence-electron chi connectivity index (χ1n) is 9.20.